The van der Waals surface area contributed by atoms with E-state index in [0.717, 1.165) is 12.8 Å². The molecule has 102 valence electrons. The Morgan fingerprint density at radius 1 is 1.32 bits per heavy atom. The molecule has 1 aliphatic carbocycles. The number of carbonyl (C=O) groups is 1. The second-order valence-corrected chi connectivity index (χ2v) is 5.55. The van der Waals surface area contributed by atoms with Gasteiger partial charge in [0.1, 0.15) is 5.82 Å². The molecule has 3 rings (SSSR count). The summed E-state index contributed by atoms with van der Waals surface area (Å²) in [6.45, 7) is 1.21. The Kier molecular flexibility index (Phi) is 2.93. The highest BCUT2D eigenvalue weighted by Crippen LogP contribution is 2.38. The number of rotatable bonds is 1. The molecule has 5 heteroatoms. The molecule has 3 unspecified atom stereocenters. The summed E-state index contributed by atoms with van der Waals surface area (Å²) in [6.07, 6.45) is 1.48. The van der Waals surface area contributed by atoms with Crippen molar-refractivity contribution in [2.75, 3.05) is 18.8 Å². The van der Waals surface area contributed by atoms with Crippen molar-refractivity contribution in [1.82, 2.24) is 4.90 Å². The van der Waals surface area contributed by atoms with Crippen LogP contribution < -0.4 is 5.73 Å². The molecule has 1 saturated carbocycles. The minimum Gasteiger partial charge on any atom is -0.399 e. The van der Waals surface area contributed by atoms with Crippen LogP contribution in [0.25, 0.3) is 0 Å². The van der Waals surface area contributed by atoms with E-state index in [9.17, 15) is 14.3 Å². The molecular formula is C14H17FN2O2. The molecule has 1 heterocycles. The van der Waals surface area contributed by atoms with Crippen LogP contribution in [-0.2, 0) is 0 Å². The molecule has 0 bridgehead atoms. The fourth-order valence-corrected chi connectivity index (χ4v) is 3.32. The minimum atomic E-state index is -0.497. The second kappa shape index (κ2) is 4.49. The first-order chi connectivity index (χ1) is 9.04. The molecule has 4 nitrogen and oxygen atoms in total. The number of benzene rings is 1. The van der Waals surface area contributed by atoms with Crippen molar-refractivity contribution >= 4 is 11.6 Å². The van der Waals surface area contributed by atoms with Crippen LogP contribution in [0.15, 0.2) is 18.2 Å². The summed E-state index contributed by atoms with van der Waals surface area (Å²) >= 11 is 0. The number of aliphatic hydroxyl groups is 1. The van der Waals surface area contributed by atoms with E-state index in [4.69, 9.17) is 5.73 Å². The molecule has 2 aliphatic rings. The van der Waals surface area contributed by atoms with Crippen LogP contribution in [0, 0.1) is 17.7 Å². The molecule has 0 aromatic heterocycles. The first kappa shape index (κ1) is 12.4. The number of aliphatic hydroxyl groups excluding tert-OH is 1. The number of fused-ring (bicyclic) bond motifs is 1. The van der Waals surface area contributed by atoms with Gasteiger partial charge in [-0.15, -0.1) is 0 Å². The summed E-state index contributed by atoms with van der Waals surface area (Å²) in [5.41, 5.74) is 6.10. The lowest BCUT2D eigenvalue weighted by Crippen LogP contribution is -2.31. The van der Waals surface area contributed by atoms with Gasteiger partial charge in [-0.1, -0.05) is 0 Å². The van der Waals surface area contributed by atoms with Crippen LogP contribution in [0.2, 0.25) is 0 Å². The minimum absolute atomic E-state index is 0.176. The summed E-state index contributed by atoms with van der Waals surface area (Å²) in [7, 11) is 0. The van der Waals surface area contributed by atoms with E-state index < -0.39 is 5.82 Å². The number of halogens is 1. The summed E-state index contributed by atoms with van der Waals surface area (Å²) in [5.74, 6) is -0.143. The van der Waals surface area contributed by atoms with Crippen molar-refractivity contribution in [3.05, 3.63) is 29.6 Å². The Hall–Kier alpha value is -1.62. The number of likely N-dealkylation sites (tertiary alicyclic amines) is 1. The van der Waals surface area contributed by atoms with Gasteiger partial charge in [0, 0.05) is 30.3 Å². The number of hydrogen-bond donors (Lipinski definition) is 2. The van der Waals surface area contributed by atoms with E-state index in [1.807, 2.05) is 0 Å². The van der Waals surface area contributed by atoms with Crippen LogP contribution in [0.1, 0.15) is 23.2 Å². The predicted octanol–water partition coefficient (Wildman–Crippen LogP) is 1.25. The largest absolute Gasteiger partial charge is 0.399 e. The van der Waals surface area contributed by atoms with E-state index in [-0.39, 0.29) is 29.2 Å². The van der Waals surface area contributed by atoms with Gasteiger partial charge in [0.2, 0.25) is 0 Å². The van der Waals surface area contributed by atoms with Gasteiger partial charge in [0.25, 0.3) is 5.91 Å². The zero-order valence-electron chi connectivity index (χ0n) is 10.6. The Balaban J connectivity index is 1.78. The van der Waals surface area contributed by atoms with E-state index in [1.165, 1.54) is 18.2 Å². The molecule has 19 heavy (non-hydrogen) atoms. The topological polar surface area (TPSA) is 66.6 Å². The van der Waals surface area contributed by atoms with Crippen LogP contribution in [0.3, 0.4) is 0 Å². The average Bonchev–Trinajstić information content (AvgIpc) is 2.90. The maximum Gasteiger partial charge on any atom is 0.254 e. The van der Waals surface area contributed by atoms with Crippen molar-refractivity contribution in [3.8, 4) is 0 Å². The lowest BCUT2D eigenvalue weighted by molar-refractivity contribution is 0.0752. The van der Waals surface area contributed by atoms with Crippen molar-refractivity contribution in [2.24, 2.45) is 11.8 Å². The van der Waals surface area contributed by atoms with Crippen molar-refractivity contribution < 1.29 is 14.3 Å². The third-order valence-electron chi connectivity index (χ3n) is 4.27. The molecule has 3 atom stereocenters. The number of nitrogens with two attached hydrogens (primary N) is 1. The number of nitrogens with zero attached hydrogens (tertiary/aromatic N) is 1. The lowest BCUT2D eigenvalue weighted by atomic mass is 10.00. The zero-order chi connectivity index (χ0) is 13.6. The van der Waals surface area contributed by atoms with E-state index in [2.05, 4.69) is 0 Å². The first-order valence-corrected chi connectivity index (χ1v) is 6.58. The maximum atomic E-state index is 13.3. The van der Waals surface area contributed by atoms with Gasteiger partial charge in [-0.25, -0.2) is 4.39 Å². The molecule has 0 spiro atoms. The number of carbonyl (C=O) groups excluding carboxylic acids is 1. The molecule has 1 saturated heterocycles. The van der Waals surface area contributed by atoms with E-state index in [1.54, 1.807) is 4.90 Å². The molecule has 1 aromatic carbocycles. The normalized spacial score (nSPS) is 29.6. The summed E-state index contributed by atoms with van der Waals surface area (Å²) in [4.78, 5) is 14.0. The summed E-state index contributed by atoms with van der Waals surface area (Å²) < 4.78 is 13.3. The van der Waals surface area contributed by atoms with Crippen LogP contribution in [-0.4, -0.2) is 35.1 Å². The van der Waals surface area contributed by atoms with Gasteiger partial charge in [0.05, 0.1) is 6.10 Å². The average molecular weight is 264 g/mol. The molecule has 1 amide bonds. The third kappa shape index (κ3) is 2.18. The molecule has 0 radical (unpaired) electrons. The molecule has 1 aromatic rings. The SMILES string of the molecule is Nc1cc(F)cc(C(=O)N2CC3CCC(O)C3C2)c1. The Labute approximate surface area is 111 Å². The highest BCUT2D eigenvalue weighted by atomic mass is 19.1. The van der Waals surface area contributed by atoms with Crippen molar-refractivity contribution in [1.29, 1.82) is 0 Å². The number of amides is 1. The van der Waals surface area contributed by atoms with Gasteiger partial charge in [-0.05, 0) is 37.0 Å². The summed E-state index contributed by atoms with van der Waals surface area (Å²) in [5, 5.41) is 9.84. The van der Waals surface area contributed by atoms with Crippen LogP contribution in [0.5, 0.6) is 0 Å². The molecular weight excluding hydrogens is 247 g/mol. The predicted molar refractivity (Wildman–Crippen MR) is 68.9 cm³/mol. The van der Waals surface area contributed by atoms with Gasteiger partial charge < -0.3 is 15.7 Å². The van der Waals surface area contributed by atoms with Gasteiger partial charge in [-0.3, -0.25) is 4.79 Å². The quantitative estimate of drug-likeness (QED) is 0.750. The molecule has 3 N–H and O–H groups in total. The monoisotopic (exact) mass is 264 g/mol. The van der Waals surface area contributed by atoms with E-state index in [0.29, 0.717) is 19.0 Å². The Morgan fingerprint density at radius 3 is 2.79 bits per heavy atom. The number of anilines is 1. The maximum absolute atomic E-state index is 13.3. The highest BCUT2D eigenvalue weighted by Gasteiger charge is 2.43. The Bertz CT molecular complexity index is 500. The number of nitrogen functional groups attached to an aromatic ring is 1. The van der Waals surface area contributed by atoms with Crippen LogP contribution >= 0.6 is 0 Å². The summed E-state index contributed by atoms with van der Waals surface area (Å²) in [6, 6.07) is 3.90. The lowest BCUT2D eigenvalue weighted by Gasteiger charge is -2.18. The van der Waals surface area contributed by atoms with Crippen molar-refractivity contribution in [2.45, 2.75) is 18.9 Å². The standard InChI is InChI=1S/C14H17FN2O2/c15-10-3-9(4-11(16)5-10)14(19)17-6-8-1-2-13(18)12(8)7-17/h3-5,8,12-13,18H,1-2,6-7,16H2. The fraction of sp³-hybridized carbons (Fsp3) is 0.500. The van der Waals surface area contributed by atoms with Gasteiger partial charge >= 0.3 is 0 Å². The van der Waals surface area contributed by atoms with Crippen LogP contribution in [0.4, 0.5) is 10.1 Å². The number of hydrogen-bond acceptors (Lipinski definition) is 3. The fourth-order valence-electron chi connectivity index (χ4n) is 3.32. The second-order valence-electron chi connectivity index (χ2n) is 5.55. The molecule has 2 fully saturated rings. The van der Waals surface area contributed by atoms with Gasteiger partial charge in [-0.2, -0.15) is 0 Å². The van der Waals surface area contributed by atoms with Gasteiger partial charge in [0.15, 0.2) is 0 Å². The zero-order valence-corrected chi connectivity index (χ0v) is 10.6. The first-order valence-electron chi connectivity index (χ1n) is 6.58. The van der Waals surface area contributed by atoms with Crippen molar-refractivity contribution in [3.63, 3.8) is 0 Å². The Morgan fingerprint density at radius 2 is 2.11 bits per heavy atom. The van der Waals surface area contributed by atoms with E-state index >= 15 is 0 Å². The highest BCUT2D eigenvalue weighted by molar-refractivity contribution is 5.95. The third-order valence-corrected chi connectivity index (χ3v) is 4.27. The molecule has 1 aliphatic heterocycles. The smallest absolute Gasteiger partial charge is 0.254 e.